The molecule has 0 aromatic heterocycles. The Bertz CT molecular complexity index is 184. The van der Waals surface area contributed by atoms with Crippen molar-refractivity contribution in [2.24, 2.45) is 4.99 Å². The van der Waals surface area contributed by atoms with E-state index in [-0.39, 0.29) is 0 Å². The predicted octanol–water partition coefficient (Wildman–Crippen LogP) is 0.361. The Morgan fingerprint density at radius 2 is 2.40 bits per heavy atom. The van der Waals surface area contributed by atoms with Crippen molar-refractivity contribution in [3.05, 3.63) is 6.54 Å². The number of halogens is 2. The van der Waals surface area contributed by atoms with Gasteiger partial charge in [-0.2, -0.15) is 14.0 Å². The number of nitrogens with zero attached hydrogens (tertiary/aromatic N) is 3. The van der Waals surface area contributed by atoms with E-state index in [1.54, 1.807) is 6.07 Å². The zero-order valence-electron chi connectivity index (χ0n) is 4.75. The monoisotopic (exact) mass is 142 g/mol. The molecule has 51 valence electrons. The quantitative estimate of drug-likeness (QED) is 0.496. The second-order valence-electron chi connectivity index (χ2n) is 1.54. The highest BCUT2D eigenvalue weighted by molar-refractivity contribution is 5.60. The van der Waals surface area contributed by atoms with E-state index >= 15 is 0 Å². The van der Waals surface area contributed by atoms with Crippen LogP contribution < -0.4 is 0 Å². The van der Waals surface area contributed by atoms with Gasteiger partial charge in [0.2, 0.25) is 0 Å². The van der Waals surface area contributed by atoms with Crippen LogP contribution in [0.2, 0.25) is 0 Å². The van der Waals surface area contributed by atoms with Gasteiger partial charge in [0.25, 0.3) is 0 Å². The molecule has 1 aliphatic rings. The van der Waals surface area contributed by atoms with E-state index in [0.717, 1.165) is 0 Å². The highest BCUT2D eigenvalue weighted by atomic mass is 19.3. The standard InChI is InChI=1S/C5H2F2N3/c6-5(7)10-2-4(1-8)9-3-10/h4-5H. The van der Waals surface area contributed by atoms with Gasteiger partial charge >= 0.3 is 6.55 Å². The Morgan fingerprint density at radius 1 is 1.70 bits per heavy atom. The summed E-state index contributed by atoms with van der Waals surface area (Å²) in [4.78, 5) is 3.64. The number of aliphatic imine (C=N–C) groups is 1. The third-order valence-electron chi connectivity index (χ3n) is 0.873. The van der Waals surface area contributed by atoms with Gasteiger partial charge in [0, 0.05) is 0 Å². The minimum atomic E-state index is -2.71. The predicted molar refractivity (Wildman–Crippen MR) is 27.9 cm³/mol. The molecule has 0 amide bonds. The molecule has 0 saturated carbocycles. The van der Waals surface area contributed by atoms with E-state index in [2.05, 4.69) is 11.5 Å². The maximum Gasteiger partial charge on any atom is 0.317 e. The second kappa shape index (κ2) is 2.60. The Labute approximate surface area is 56.6 Å². The second-order valence-corrected chi connectivity index (χ2v) is 1.54. The first-order valence-corrected chi connectivity index (χ1v) is 2.42. The van der Waals surface area contributed by atoms with Crippen molar-refractivity contribution in [3.63, 3.8) is 0 Å². The normalized spacial score (nSPS) is 23.8. The van der Waals surface area contributed by atoms with Crippen LogP contribution in [-0.2, 0) is 0 Å². The van der Waals surface area contributed by atoms with Crippen LogP contribution in [0.5, 0.6) is 0 Å². The minimum absolute atomic E-state index is 0.355. The van der Waals surface area contributed by atoms with Crippen LogP contribution in [0.1, 0.15) is 0 Å². The molecule has 1 atom stereocenters. The molecule has 0 aliphatic carbocycles. The zero-order chi connectivity index (χ0) is 7.56. The van der Waals surface area contributed by atoms with E-state index in [1.165, 1.54) is 0 Å². The number of hydrogen-bond donors (Lipinski definition) is 0. The summed E-state index contributed by atoms with van der Waals surface area (Å²) < 4.78 is 23.4. The number of alkyl halides is 2. The molecule has 1 rings (SSSR count). The number of nitriles is 1. The summed E-state index contributed by atoms with van der Waals surface area (Å²) in [6, 6.07) is 0.711. The number of rotatable bonds is 1. The molecule has 3 radical (unpaired) electrons. The molecule has 3 nitrogen and oxygen atoms in total. The topological polar surface area (TPSA) is 39.4 Å². The Balaban J connectivity index is 2.47. The van der Waals surface area contributed by atoms with E-state index in [4.69, 9.17) is 5.26 Å². The molecule has 0 fully saturated rings. The summed E-state index contributed by atoms with van der Waals surface area (Å²) in [6.07, 6.45) is 1.93. The van der Waals surface area contributed by atoms with Crippen LogP contribution >= 0.6 is 0 Å². The molecule has 0 bridgehead atoms. The van der Waals surface area contributed by atoms with Gasteiger partial charge in [0.1, 0.15) is 6.54 Å². The van der Waals surface area contributed by atoms with E-state index in [9.17, 15) is 8.78 Å². The molecule has 1 aliphatic heterocycles. The zero-order valence-corrected chi connectivity index (χ0v) is 4.75. The molecular weight excluding hydrogens is 140 g/mol. The fourth-order valence-corrected chi connectivity index (χ4v) is 0.467. The van der Waals surface area contributed by atoms with Crippen LogP contribution in [0.3, 0.4) is 0 Å². The van der Waals surface area contributed by atoms with Gasteiger partial charge in [-0.05, 0) is 0 Å². The Hall–Kier alpha value is -1.18. The van der Waals surface area contributed by atoms with Crippen molar-refractivity contribution in [2.75, 3.05) is 0 Å². The van der Waals surface area contributed by atoms with Crippen LogP contribution in [0, 0.1) is 17.9 Å². The smallest absolute Gasteiger partial charge is 0.283 e. The highest BCUT2D eigenvalue weighted by Crippen LogP contribution is 2.12. The van der Waals surface area contributed by atoms with E-state index in [0.29, 0.717) is 4.90 Å². The Morgan fingerprint density at radius 3 is 2.70 bits per heavy atom. The van der Waals surface area contributed by atoms with Gasteiger partial charge in [0.15, 0.2) is 12.4 Å². The van der Waals surface area contributed by atoms with Gasteiger partial charge < -0.3 is 0 Å². The highest BCUT2D eigenvalue weighted by Gasteiger charge is 2.25. The lowest BCUT2D eigenvalue weighted by Gasteiger charge is -2.08. The van der Waals surface area contributed by atoms with Crippen LogP contribution in [0.25, 0.3) is 0 Å². The summed E-state index contributed by atoms with van der Waals surface area (Å²) in [7, 11) is 0. The van der Waals surface area contributed by atoms with Crippen molar-refractivity contribution in [1.82, 2.24) is 4.90 Å². The van der Waals surface area contributed by atoms with E-state index in [1.807, 2.05) is 6.34 Å². The van der Waals surface area contributed by atoms with Gasteiger partial charge in [-0.25, -0.2) is 4.99 Å². The molecule has 0 aromatic carbocycles. The average molecular weight is 142 g/mol. The van der Waals surface area contributed by atoms with E-state index < -0.39 is 12.6 Å². The fraction of sp³-hybridized carbons (Fsp3) is 0.400. The lowest BCUT2D eigenvalue weighted by molar-refractivity contribution is 0.0444. The summed E-state index contributed by atoms with van der Waals surface area (Å²) in [6.45, 7) is -0.622. The van der Waals surface area contributed by atoms with Gasteiger partial charge in [-0.15, -0.1) is 0 Å². The summed E-state index contributed by atoms with van der Waals surface area (Å²) in [5.74, 6) is 0. The van der Waals surface area contributed by atoms with Gasteiger partial charge in [-0.3, -0.25) is 4.90 Å². The first-order chi connectivity index (χ1) is 4.74. The lowest BCUT2D eigenvalue weighted by atomic mass is 10.3. The third kappa shape index (κ3) is 1.21. The van der Waals surface area contributed by atoms with Crippen LogP contribution in [0.15, 0.2) is 4.99 Å². The average Bonchev–Trinajstić information content (AvgIpc) is 2.34. The first kappa shape index (κ1) is 6.93. The van der Waals surface area contributed by atoms with Gasteiger partial charge in [0.05, 0.1) is 6.07 Å². The van der Waals surface area contributed by atoms with Gasteiger partial charge in [-0.1, -0.05) is 0 Å². The fourth-order valence-electron chi connectivity index (χ4n) is 0.467. The van der Waals surface area contributed by atoms with Crippen LogP contribution in [-0.4, -0.2) is 23.8 Å². The van der Waals surface area contributed by atoms with Crippen molar-refractivity contribution in [2.45, 2.75) is 12.6 Å². The van der Waals surface area contributed by atoms with Crippen molar-refractivity contribution >= 4 is 6.34 Å². The molecule has 5 heteroatoms. The summed E-state index contributed by atoms with van der Waals surface area (Å²) in [5.41, 5.74) is 0. The largest absolute Gasteiger partial charge is 0.317 e. The first-order valence-electron chi connectivity index (χ1n) is 2.42. The molecule has 0 spiro atoms. The maximum absolute atomic E-state index is 11.7. The van der Waals surface area contributed by atoms with Crippen molar-refractivity contribution < 1.29 is 8.78 Å². The minimum Gasteiger partial charge on any atom is -0.283 e. The molecule has 0 saturated heterocycles. The molecule has 10 heavy (non-hydrogen) atoms. The Kier molecular flexibility index (Phi) is 1.81. The summed E-state index contributed by atoms with van der Waals surface area (Å²) in [5, 5.41) is 8.15. The SMILES string of the molecule is N#CC1[C]N(C(F)F)[C]=N1. The molecule has 0 N–H and O–H groups in total. The molecule has 1 unspecified atom stereocenters. The third-order valence-corrected chi connectivity index (χ3v) is 0.873. The lowest BCUT2D eigenvalue weighted by Crippen LogP contribution is -2.23. The molecule has 1 heterocycles. The van der Waals surface area contributed by atoms with Crippen molar-refractivity contribution in [1.29, 1.82) is 5.26 Å². The molecular formula is C5H2F2N3. The van der Waals surface area contributed by atoms with Crippen molar-refractivity contribution in [3.8, 4) is 6.07 Å². The van der Waals surface area contributed by atoms with Crippen LogP contribution in [0.4, 0.5) is 8.78 Å². The summed E-state index contributed by atoms with van der Waals surface area (Å²) >= 11 is 0. The number of hydrogen-bond acceptors (Lipinski definition) is 3. The maximum atomic E-state index is 11.7. The molecule has 0 aromatic rings.